The Labute approximate surface area is 152 Å². The number of anilines is 1. The minimum absolute atomic E-state index is 0. The van der Waals surface area contributed by atoms with Gasteiger partial charge in [-0.2, -0.15) is 0 Å². The molecule has 126 valence electrons. The highest BCUT2D eigenvalue weighted by atomic mass is 35.5. The summed E-state index contributed by atoms with van der Waals surface area (Å²) >= 11 is 1.68. The van der Waals surface area contributed by atoms with E-state index in [1.165, 1.54) is 21.6 Å². The topological polar surface area (TPSA) is 55.1 Å². The number of nitrogens with two attached hydrogens (primary N) is 1. The summed E-state index contributed by atoms with van der Waals surface area (Å²) in [6.07, 6.45) is 3.98. The second-order valence-corrected chi connectivity index (χ2v) is 7.57. The summed E-state index contributed by atoms with van der Waals surface area (Å²) < 4.78 is 0. The number of aryl methyl sites for hydroxylation is 1. The van der Waals surface area contributed by atoms with Crippen LogP contribution in [0.3, 0.4) is 0 Å². The molecule has 2 unspecified atom stereocenters. The van der Waals surface area contributed by atoms with Crippen LogP contribution in [-0.2, 0) is 17.6 Å². The number of amides is 1. The predicted molar refractivity (Wildman–Crippen MR) is 102 cm³/mol. The highest BCUT2D eigenvalue weighted by molar-refractivity contribution is 8.01. The summed E-state index contributed by atoms with van der Waals surface area (Å²) in [5.41, 5.74) is 10.5. The Morgan fingerprint density at radius 2 is 2.00 bits per heavy atom. The summed E-state index contributed by atoms with van der Waals surface area (Å²) in [6, 6.07) is 14.5. The van der Waals surface area contributed by atoms with E-state index in [4.69, 9.17) is 5.73 Å². The van der Waals surface area contributed by atoms with Gasteiger partial charge in [-0.05, 0) is 60.6 Å². The molecule has 1 amide bonds. The second-order valence-electron chi connectivity index (χ2n) is 6.33. The molecule has 2 aliphatic rings. The lowest BCUT2D eigenvalue weighted by molar-refractivity contribution is -0.121. The van der Waals surface area contributed by atoms with E-state index in [0.29, 0.717) is 0 Å². The maximum absolute atomic E-state index is 12.7. The lowest BCUT2D eigenvalue weighted by Crippen LogP contribution is -2.37. The van der Waals surface area contributed by atoms with Gasteiger partial charge in [-0.3, -0.25) is 4.79 Å². The van der Waals surface area contributed by atoms with Crippen LogP contribution in [0.1, 0.15) is 35.6 Å². The van der Waals surface area contributed by atoms with E-state index in [0.717, 1.165) is 31.4 Å². The molecule has 0 bridgehead atoms. The molecule has 0 saturated heterocycles. The Kier molecular flexibility index (Phi) is 5.07. The smallest absolute Gasteiger partial charge is 0.234 e. The molecule has 4 rings (SSSR count). The average Bonchev–Trinajstić information content (AvgIpc) is 2.99. The number of thioether (sulfide) groups is 1. The molecule has 0 radical (unpaired) electrons. The maximum Gasteiger partial charge on any atom is 0.234 e. The summed E-state index contributed by atoms with van der Waals surface area (Å²) in [4.78, 5) is 13.9. The van der Waals surface area contributed by atoms with Crippen molar-refractivity contribution in [2.24, 2.45) is 0 Å². The lowest BCUT2D eigenvalue weighted by Gasteiger charge is -2.27. The molecule has 2 aromatic carbocycles. The fourth-order valence-corrected chi connectivity index (χ4v) is 4.78. The molecule has 1 aliphatic carbocycles. The minimum atomic E-state index is -0.00782. The molecule has 0 fully saturated rings. The molecular weight excluding hydrogens is 340 g/mol. The van der Waals surface area contributed by atoms with Gasteiger partial charge < -0.3 is 11.1 Å². The van der Waals surface area contributed by atoms with Gasteiger partial charge in [0.05, 0.1) is 11.3 Å². The number of benzene rings is 2. The van der Waals surface area contributed by atoms with Crippen molar-refractivity contribution in [1.82, 2.24) is 5.32 Å². The number of hydrogen-bond acceptors (Lipinski definition) is 3. The minimum Gasteiger partial charge on any atom is -0.399 e. The van der Waals surface area contributed by atoms with E-state index < -0.39 is 0 Å². The van der Waals surface area contributed by atoms with Gasteiger partial charge in [0.2, 0.25) is 5.91 Å². The van der Waals surface area contributed by atoms with Crippen molar-refractivity contribution in [3.8, 4) is 0 Å². The van der Waals surface area contributed by atoms with E-state index in [9.17, 15) is 4.79 Å². The fourth-order valence-electron chi connectivity index (χ4n) is 3.58. The second kappa shape index (κ2) is 7.08. The number of carbonyl (C=O) groups excluding carboxylic acids is 1. The van der Waals surface area contributed by atoms with E-state index in [1.807, 2.05) is 24.3 Å². The molecular formula is C19H21ClN2OS. The van der Waals surface area contributed by atoms with Crippen LogP contribution in [0.5, 0.6) is 0 Å². The Morgan fingerprint density at radius 3 is 2.83 bits per heavy atom. The number of fused-ring (bicyclic) bond motifs is 2. The van der Waals surface area contributed by atoms with Crippen molar-refractivity contribution in [1.29, 1.82) is 0 Å². The summed E-state index contributed by atoms with van der Waals surface area (Å²) in [5, 5.41) is 3.26. The average molecular weight is 361 g/mol. The van der Waals surface area contributed by atoms with Gasteiger partial charge in [0.1, 0.15) is 0 Å². The van der Waals surface area contributed by atoms with E-state index in [2.05, 4.69) is 23.5 Å². The third kappa shape index (κ3) is 3.26. The standard InChI is InChI=1S/C19H20N2OS.ClH/c20-14-8-9-15-12(10-14)5-3-6-16(15)21-19(22)18-11-13-4-1-2-7-17(13)23-18;/h1-2,4,7-10,16,18H,3,5-6,11,20H2,(H,21,22);1H. The quantitative estimate of drug-likeness (QED) is 0.798. The largest absolute Gasteiger partial charge is 0.399 e. The third-order valence-corrected chi connectivity index (χ3v) is 6.05. The van der Waals surface area contributed by atoms with Gasteiger partial charge in [-0.15, -0.1) is 24.2 Å². The monoisotopic (exact) mass is 360 g/mol. The van der Waals surface area contributed by atoms with E-state index in [1.54, 1.807) is 11.8 Å². The summed E-state index contributed by atoms with van der Waals surface area (Å²) in [6.45, 7) is 0. The number of nitrogens with one attached hydrogen (secondary N) is 1. The van der Waals surface area contributed by atoms with Crippen molar-refractivity contribution in [3.05, 3.63) is 59.2 Å². The summed E-state index contributed by atoms with van der Waals surface area (Å²) in [5.74, 6) is 0.154. The first-order valence-electron chi connectivity index (χ1n) is 8.14. The number of carbonyl (C=O) groups is 1. The highest BCUT2D eigenvalue weighted by Gasteiger charge is 2.30. The molecule has 2 aromatic rings. The van der Waals surface area contributed by atoms with Crippen LogP contribution in [0.15, 0.2) is 47.4 Å². The first kappa shape index (κ1) is 17.2. The molecule has 24 heavy (non-hydrogen) atoms. The van der Waals surface area contributed by atoms with Gasteiger partial charge in [0.15, 0.2) is 0 Å². The SMILES string of the molecule is Cl.Nc1ccc2c(c1)CCCC2NC(=O)C1Cc2ccccc2S1. The van der Waals surface area contributed by atoms with Crippen LogP contribution in [0.25, 0.3) is 0 Å². The number of rotatable bonds is 2. The van der Waals surface area contributed by atoms with Gasteiger partial charge in [0, 0.05) is 10.6 Å². The van der Waals surface area contributed by atoms with Gasteiger partial charge >= 0.3 is 0 Å². The Bertz CT molecular complexity index is 740. The van der Waals surface area contributed by atoms with E-state index in [-0.39, 0.29) is 29.6 Å². The predicted octanol–water partition coefficient (Wildman–Crippen LogP) is 3.90. The zero-order chi connectivity index (χ0) is 15.8. The fraction of sp³-hybridized carbons (Fsp3) is 0.316. The van der Waals surface area contributed by atoms with Crippen molar-refractivity contribution in [2.75, 3.05) is 5.73 Å². The number of hydrogen-bond donors (Lipinski definition) is 2. The van der Waals surface area contributed by atoms with Crippen molar-refractivity contribution < 1.29 is 4.79 Å². The molecule has 1 aliphatic heterocycles. The molecule has 3 nitrogen and oxygen atoms in total. The van der Waals surface area contributed by atoms with Crippen molar-refractivity contribution in [2.45, 2.75) is 41.9 Å². The first-order chi connectivity index (χ1) is 11.2. The van der Waals surface area contributed by atoms with Crippen LogP contribution in [0.4, 0.5) is 5.69 Å². The molecule has 1 heterocycles. The normalized spacial score (nSPS) is 21.3. The molecule has 0 saturated carbocycles. The van der Waals surface area contributed by atoms with Crippen molar-refractivity contribution >= 4 is 35.8 Å². The Morgan fingerprint density at radius 1 is 1.17 bits per heavy atom. The zero-order valence-corrected chi connectivity index (χ0v) is 15.0. The van der Waals surface area contributed by atoms with Gasteiger partial charge in [-0.1, -0.05) is 24.3 Å². The first-order valence-corrected chi connectivity index (χ1v) is 9.02. The molecule has 5 heteroatoms. The van der Waals surface area contributed by atoms with Crippen LogP contribution in [0, 0.1) is 0 Å². The highest BCUT2D eigenvalue weighted by Crippen LogP contribution is 2.38. The lowest BCUT2D eigenvalue weighted by atomic mass is 9.87. The summed E-state index contributed by atoms with van der Waals surface area (Å²) in [7, 11) is 0. The number of nitrogen functional groups attached to an aromatic ring is 1. The van der Waals surface area contributed by atoms with Crippen LogP contribution >= 0.6 is 24.2 Å². The maximum atomic E-state index is 12.7. The van der Waals surface area contributed by atoms with Gasteiger partial charge in [0.25, 0.3) is 0 Å². The Balaban J connectivity index is 0.00000169. The molecule has 2 atom stereocenters. The van der Waals surface area contributed by atoms with Crippen LogP contribution in [0.2, 0.25) is 0 Å². The zero-order valence-electron chi connectivity index (χ0n) is 13.3. The number of halogens is 1. The Hall–Kier alpha value is -1.65. The van der Waals surface area contributed by atoms with Gasteiger partial charge in [-0.25, -0.2) is 0 Å². The molecule has 3 N–H and O–H groups in total. The van der Waals surface area contributed by atoms with Crippen LogP contribution < -0.4 is 11.1 Å². The third-order valence-electron chi connectivity index (χ3n) is 4.74. The molecule has 0 aromatic heterocycles. The van der Waals surface area contributed by atoms with Crippen LogP contribution in [-0.4, -0.2) is 11.2 Å². The van der Waals surface area contributed by atoms with Crippen molar-refractivity contribution in [3.63, 3.8) is 0 Å². The van der Waals surface area contributed by atoms with E-state index >= 15 is 0 Å². The molecule has 0 spiro atoms.